The Labute approximate surface area is 325 Å². The van der Waals surface area contributed by atoms with Crippen LogP contribution in [0.2, 0.25) is 0 Å². The minimum absolute atomic E-state index is 0.0433. The van der Waals surface area contributed by atoms with E-state index in [2.05, 4.69) is 22.8 Å². The molecule has 12 nitrogen and oxygen atoms in total. The van der Waals surface area contributed by atoms with Crippen LogP contribution >= 0.6 is 0 Å². The molecule has 2 heterocycles. The fourth-order valence-corrected chi connectivity index (χ4v) is 7.24. The molecule has 0 aliphatic carbocycles. The van der Waals surface area contributed by atoms with Gasteiger partial charge in [0, 0.05) is 58.7 Å². The number of benzene rings is 3. The van der Waals surface area contributed by atoms with E-state index < -0.39 is 23.6 Å². The second-order valence-electron chi connectivity index (χ2n) is 14.3. The molecule has 0 radical (unpaired) electrons. The number of fused-ring (bicyclic) bond motifs is 1. The Balaban J connectivity index is 0.000000908. The van der Waals surface area contributed by atoms with E-state index >= 15 is 0 Å². The Morgan fingerprint density at radius 2 is 1.46 bits per heavy atom. The fraction of sp³-hybridized carbons (Fsp3) is 0.488. The lowest BCUT2D eigenvalue weighted by Gasteiger charge is -2.43. The van der Waals surface area contributed by atoms with Gasteiger partial charge in [0.05, 0.1) is 5.41 Å². The van der Waals surface area contributed by atoms with Gasteiger partial charge < -0.3 is 36.2 Å². The van der Waals surface area contributed by atoms with E-state index in [1.54, 1.807) is 9.80 Å². The largest absolute Gasteiger partial charge is 0.490 e. The lowest BCUT2D eigenvalue weighted by Crippen LogP contribution is -2.60. The second kappa shape index (κ2) is 20.7. The number of piperidine rings is 1. The summed E-state index contributed by atoms with van der Waals surface area (Å²) in [6.45, 7) is 5.59. The van der Waals surface area contributed by atoms with Crippen LogP contribution in [0.3, 0.4) is 0 Å². The highest BCUT2D eigenvalue weighted by molar-refractivity contribution is 5.90. The number of carbonyl (C=O) groups is 5. The first-order valence-corrected chi connectivity index (χ1v) is 19.2. The monoisotopic (exact) mass is 782 g/mol. The number of nitrogens with one attached hydrogen (secondary N) is 2. The van der Waals surface area contributed by atoms with Crippen LogP contribution in [0.1, 0.15) is 56.6 Å². The molecule has 2 aliphatic heterocycles. The molecule has 0 spiro atoms. The Morgan fingerprint density at radius 1 is 0.821 bits per heavy atom. The summed E-state index contributed by atoms with van der Waals surface area (Å²) in [6.07, 6.45) is 0.290. The van der Waals surface area contributed by atoms with Crippen LogP contribution in [0.5, 0.6) is 0 Å². The summed E-state index contributed by atoms with van der Waals surface area (Å²) in [5.41, 5.74) is 6.81. The Kier molecular flexibility index (Phi) is 16.1. The summed E-state index contributed by atoms with van der Waals surface area (Å²) in [7, 11) is 0. The molecule has 304 valence electrons. The van der Waals surface area contributed by atoms with Crippen LogP contribution in [0.25, 0.3) is 10.8 Å². The van der Waals surface area contributed by atoms with Crippen LogP contribution in [-0.2, 0) is 32.0 Å². The van der Waals surface area contributed by atoms with E-state index in [4.69, 9.17) is 15.6 Å². The first kappa shape index (κ1) is 43.5. The van der Waals surface area contributed by atoms with E-state index in [-0.39, 0.29) is 30.3 Å². The van der Waals surface area contributed by atoms with Gasteiger partial charge in [0.15, 0.2) is 0 Å². The van der Waals surface area contributed by atoms with Crippen molar-refractivity contribution in [2.75, 3.05) is 52.4 Å². The molecule has 15 heteroatoms. The van der Waals surface area contributed by atoms with Crippen LogP contribution in [0, 0.1) is 5.41 Å². The highest BCUT2D eigenvalue weighted by atomic mass is 19.4. The summed E-state index contributed by atoms with van der Waals surface area (Å²) in [6, 6.07) is 23.0. The Morgan fingerprint density at radius 3 is 2.11 bits per heavy atom. The van der Waals surface area contributed by atoms with E-state index in [1.807, 2.05) is 72.5 Å². The van der Waals surface area contributed by atoms with E-state index in [0.29, 0.717) is 77.9 Å². The van der Waals surface area contributed by atoms with Crippen molar-refractivity contribution in [1.29, 1.82) is 0 Å². The average molecular weight is 783 g/mol. The summed E-state index contributed by atoms with van der Waals surface area (Å²) < 4.78 is 31.7. The quantitative estimate of drug-likeness (QED) is 0.182. The molecule has 2 fully saturated rings. The van der Waals surface area contributed by atoms with Gasteiger partial charge in [-0.25, -0.2) is 9.59 Å². The lowest BCUT2D eigenvalue weighted by molar-refractivity contribution is -0.192. The topological polar surface area (TPSA) is 165 Å². The molecule has 5 N–H and O–H groups in total. The van der Waals surface area contributed by atoms with Gasteiger partial charge in [0.1, 0.15) is 6.04 Å². The number of piperazine rings is 1. The van der Waals surface area contributed by atoms with Crippen molar-refractivity contribution in [1.82, 2.24) is 25.3 Å². The van der Waals surface area contributed by atoms with Crippen LogP contribution in [0.15, 0.2) is 72.8 Å². The predicted molar refractivity (Wildman–Crippen MR) is 206 cm³/mol. The third kappa shape index (κ3) is 12.4. The van der Waals surface area contributed by atoms with E-state index in [9.17, 15) is 32.3 Å². The normalized spacial score (nSPS) is 17.7. The van der Waals surface area contributed by atoms with Crippen molar-refractivity contribution in [3.05, 3.63) is 83.9 Å². The SMILES string of the molecule is CCNC(=O)[C@]1(Cc2ccccc2)CCCN(C(=O)C(Cc2ccc3ccccc3c2)NC(=O)N2CCN(C(=O)CCCCCN)CC2)C1.O=C(O)C(F)(F)F. The molecular weight excluding hydrogens is 729 g/mol. The zero-order chi connectivity index (χ0) is 40.7. The van der Waals surface area contributed by atoms with Gasteiger partial charge in [-0.2, -0.15) is 13.2 Å². The van der Waals surface area contributed by atoms with Gasteiger partial charge >= 0.3 is 18.2 Å². The molecule has 5 rings (SSSR count). The third-order valence-electron chi connectivity index (χ3n) is 10.2. The minimum Gasteiger partial charge on any atom is -0.475 e. The third-order valence-corrected chi connectivity index (χ3v) is 10.2. The molecule has 2 atom stereocenters. The number of halogens is 3. The minimum atomic E-state index is -5.08. The number of alkyl halides is 3. The summed E-state index contributed by atoms with van der Waals surface area (Å²) >= 11 is 0. The molecule has 1 unspecified atom stereocenters. The first-order chi connectivity index (χ1) is 26.8. The smallest absolute Gasteiger partial charge is 0.475 e. The first-order valence-electron chi connectivity index (χ1n) is 19.2. The fourth-order valence-electron chi connectivity index (χ4n) is 7.24. The number of unbranched alkanes of at least 4 members (excludes halogenated alkanes) is 2. The van der Waals surface area contributed by atoms with Crippen molar-refractivity contribution in [2.24, 2.45) is 11.1 Å². The summed E-state index contributed by atoms with van der Waals surface area (Å²) in [5, 5.41) is 15.4. The maximum absolute atomic E-state index is 14.5. The average Bonchev–Trinajstić information content (AvgIpc) is 3.19. The lowest BCUT2D eigenvalue weighted by atomic mass is 9.74. The number of aliphatic carboxylic acids is 1. The highest BCUT2D eigenvalue weighted by Gasteiger charge is 2.44. The zero-order valence-electron chi connectivity index (χ0n) is 31.9. The number of rotatable bonds is 13. The van der Waals surface area contributed by atoms with Gasteiger partial charge in [0.25, 0.3) is 0 Å². The maximum atomic E-state index is 14.5. The molecule has 56 heavy (non-hydrogen) atoms. The van der Waals surface area contributed by atoms with Crippen molar-refractivity contribution in [2.45, 2.75) is 70.5 Å². The molecule has 2 saturated heterocycles. The summed E-state index contributed by atoms with van der Waals surface area (Å²) in [5.74, 6) is -2.88. The van der Waals surface area contributed by atoms with Crippen molar-refractivity contribution < 1.29 is 42.3 Å². The zero-order valence-corrected chi connectivity index (χ0v) is 31.9. The van der Waals surface area contributed by atoms with Gasteiger partial charge in [0.2, 0.25) is 17.7 Å². The van der Waals surface area contributed by atoms with Gasteiger partial charge in [-0.3, -0.25) is 14.4 Å². The number of hydrogen-bond donors (Lipinski definition) is 4. The molecular formula is C41H53F3N6O6. The molecule has 3 aromatic carbocycles. The van der Waals surface area contributed by atoms with Gasteiger partial charge in [-0.1, -0.05) is 79.2 Å². The molecule has 0 saturated carbocycles. The van der Waals surface area contributed by atoms with Crippen LogP contribution < -0.4 is 16.4 Å². The van der Waals surface area contributed by atoms with Crippen LogP contribution in [0.4, 0.5) is 18.0 Å². The Hall–Kier alpha value is -5.18. The highest BCUT2D eigenvalue weighted by Crippen LogP contribution is 2.35. The van der Waals surface area contributed by atoms with E-state index in [0.717, 1.165) is 41.2 Å². The van der Waals surface area contributed by atoms with Crippen molar-refractivity contribution >= 4 is 40.5 Å². The molecule has 0 bridgehead atoms. The maximum Gasteiger partial charge on any atom is 0.490 e. The van der Waals surface area contributed by atoms with E-state index in [1.165, 1.54) is 0 Å². The van der Waals surface area contributed by atoms with Gasteiger partial charge in [-0.15, -0.1) is 0 Å². The number of amides is 5. The number of carboxylic acid groups (broad SMARTS) is 1. The van der Waals surface area contributed by atoms with Crippen LogP contribution in [-0.4, -0.2) is 114 Å². The number of likely N-dealkylation sites (tertiary alicyclic amines) is 1. The Bertz CT molecular complexity index is 1790. The standard InChI is InChI=1S/C39H52N6O4.C2HF3O2/c1-2-41-37(48)39(28-30-12-5-3-6-13-30)19-11-21-45(29-39)36(47)34(27-31-17-18-32-14-8-9-15-33(32)26-31)42-38(49)44-24-22-43(23-25-44)35(46)16-7-4-10-20-40;3-2(4,5)1(6)7/h3,5-6,8-9,12-15,17-18,26,34H,2,4,7,10-11,16,19-25,27-29,40H2,1H3,(H,41,48)(H,42,49);(H,6,7)/t34?,39-;/m0./s1. The number of carboxylic acids is 1. The summed E-state index contributed by atoms with van der Waals surface area (Å²) in [4.78, 5) is 68.8. The van der Waals surface area contributed by atoms with Gasteiger partial charge in [-0.05, 0) is 67.5 Å². The molecule has 5 amide bonds. The number of carbonyl (C=O) groups excluding carboxylic acids is 4. The molecule has 3 aromatic rings. The number of nitrogens with two attached hydrogens (primary N) is 1. The molecule has 2 aliphatic rings. The van der Waals surface area contributed by atoms with Crippen molar-refractivity contribution in [3.8, 4) is 0 Å². The number of urea groups is 1. The number of nitrogens with zero attached hydrogens (tertiary/aromatic N) is 3. The predicted octanol–water partition coefficient (Wildman–Crippen LogP) is 4.74. The van der Waals surface area contributed by atoms with Crippen molar-refractivity contribution in [3.63, 3.8) is 0 Å². The number of hydrogen-bond acceptors (Lipinski definition) is 6. The second-order valence-corrected chi connectivity index (χ2v) is 14.3. The molecule has 0 aromatic heterocycles.